The molecule has 0 fully saturated rings. The standard InChI is InChI=1S/C13H10BrClN2O2/c1-7-2-3-9(11(18)4-7)13(19)17-10-5-8(14)6-16-12(10)15/h2-6,18H,1H3,(H,17,19). The van der Waals surface area contributed by atoms with Crippen LogP contribution in [0, 0.1) is 6.92 Å². The van der Waals surface area contributed by atoms with Crippen LogP contribution < -0.4 is 5.32 Å². The average molecular weight is 342 g/mol. The van der Waals surface area contributed by atoms with Crippen LogP contribution in [0.25, 0.3) is 0 Å². The molecule has 98 valence electrons. The zero-order valence-electron chi connectivity index (χ0n) is 9.95. The van der Waals surface area contributed by atoms with Crippen molar-refractivity contribution in [1.29, 1.82) is 0 Å². The maximum atomic E-state index is 12.0. The van der Waals surface area contributed by atoms with Crippen molar-refractivity contribution in [1.82, 2.24) is 4.98 Å². The van der Waals surface area contributed by atoms with Crippen molar-refractivity contribution in [2.24, 2.45) is 0 Å². The summed E-state index contributed by atoms with van der Waals surface area (Å²) >= 11 is 9.13. The molecule has 2 N–H and O–H groups in total. The summed E-state index contributed by atoms with van der Waals surface area (Å²) < 4.78 is 0.695. The zero-order valence-corrected chi connectivity index (χ0v) is 12.3. The molecule has 2 rings (SSSR count). The van der Waals surface area contributed by atoms with Crippen molar-refractivity contribution >= 4 is 39.1 Å². The molecule has 0 spiro atoms. The lowest BCUT2D eigenvalue weighted by atomic mass is 10.1. The molecule has 0 aliphatic heterocycles. The monoisotopic (exact) mass is 340 g/mol. The molecule has 1 heterocycles. The fraction of sp³-hybridized carbons (Fsp3) is 0.0769. The molecule has 6 heteroatoms. The van der Waals surface area contributed by atoms with E-state index in [1.165, 1.54) is 12.3 Å². The summed E-state index contributed by atoms with van der Waals surface area (Å²) in [5.41, 5.74) is 1.43. The Morgan fingerprint density at radius 1 is 1.42 bits per heavy atom. The third kappa shape index (κ3) is 3.24. The lowest BCUT2D eigenvalue weighted by Gasteiger charge is -2.08. The highest BCUT2D eigenvalue weighted by Gasteiger charge is 2.13. The minimum absolute atomic E-state index is 0.0726. The number of carbonyl (C=O) groups excluding carboxylic acids is 1. The van der Waals surface area contributed by atoms with E-state index < -0.39 is 5.91 Å². The van der Waals surface area contributed by atoms with Gasteiger partial charge >= 0.3 is 0 Å². The fourth-order valence-corrected chi connectivity index (χ4v) is 2.02. The summed E-state index contributed by atoms with van der Waals surface area (Å²) in [6.07, 6.45) is 1.53. The molecule has 1 aromatic heterocycles. The Morgan fingerprint density at radius 3 is 2.84 bits per heavy atom. The highest BCUT2D eigenvalue weighted by atomic mass is 79.9. The largest absolute Gasteiger partial charge is 0.507 e. The van der Waals surface area contributed by atoms with Gasteiger partial charge in [-0.15, -0.1) is 0 Å². The number of nitrogens with zero attached hydrogens (tertiary/aromatic N) is 1. The number of carbonyl (C=O) groups is 1. The van der Waals surface area contributed by atoms with Crippen molar-refractivity contribution in [3.05, 3.63) is 51.2 Å². The first-order valence-electron chi connectivity index (χ1n) is 5.39. The van der Waals surface area contributed by atoms with Gasteiger partial charge in [-0.25, -0.2) is 4.98 Å². The van der Waals surface area contributed by atoms with E-state index in [1.54, 1.807) is 18.2 Å². The van der Waals surface area contributed by atoms with Crippen LogP contribution in [0.5, 0.6) is 5.75 Å². The Morgan fingerprint density at radius 2 is 2.16 bits per heavy atom. The molecule has 0 bridgehead atoms. The van der Waals surface area contributed by atoms with E-state index in [-0.39, 0.29) is 16.5 Å². The number of nitrogens with one attached hydrogen (secondary N) is 1. The number of phenols is 1. The van der Waals surface area contributed by atoms with E-state index in [4.69, 9.17) is 11.6 Å². The molecule has 0 atom stereocenters. The first-order valence-corrected chi connectivity index (χ1v) is 6.56. The Balaban J connectivity index is 2.28. The van der Waals surface area contributed by atoms with Crippen LogP contribution in [0.4, 0.5) is 5.69 Å². The Bertz CT molecular complexity index is 647. The van der Waals surface area contributed by atoms with Gasteiger partial charge in [0.1, 0.15) is 5.75 Å². The number of phenolic OH excluding ortho intramolecular Hbond substituents is 1. The third-order valence-corrected chi connectivity index (χ3v) is 3.19. The van der Waals surface area contributed by atoms with Gasteiger partial charge in [0, 0.05) is 10.7 Å². The molecule has 2 aromatic rings. The number of aromatic nitrogens is 1. The van der Waals surface area contributed by atoms with Crippen LogP contribution in [0.2, 0.25) is 5.15 Å². The molecule has 0 saturated heterocycles. The van der Waals surface area contributed by atoms with Crippen LogP contribution in [0.15, 0.2) is 34.9 Å². The second-order valence-electron chi connectivity index (χ2n) is 3.97. The lowest BCUT2D eigenvalue weighted by Crippen LogP contribution is -2.12. The van der Waals surface area contributed by atoms with Gasteiger partial charge in [-0.2, -0.15) is 0 Å². The number of hydrogen-bond donors (Lipinski definition) is 2. The summed E-state index contributed by atoms with van der Waals surface area (Å²) in [6, 6.07) is 6.46. The van der Waals surface area contributed by atoms with Crippen LogP contribution in [0.3, 0.4) is 0 Å². The highest BCUT2D eigenvalue weighted by molar-refractivity contribution is 9.10. The first-order chi connectivity index (χ1) is 8.97. The number of amides is 1. The molecular formula is C13H10BrClN2O2. The summed E-state index contributed by atoms with van der Waals surface area (Å²) in [7, 11) is 0. The molecule has 0 aliphatic rings. The minimum Gasteiger partial charge on any atom is -0.507 e. The molecule has 1 amide bonds. The van der Waals surface area contributed by atoms with E-state index >= 15 is 0 Å². The molecule has 0 saturated carbocycles. The highest BCUT2D eigenvalue weighted by Crippen LogP contribution is 2.25. The molecule has 0 radical (unpaired) electrons. The van der Waals surface area contributed by atoms with Gasteiger partial charge in [-0.1, -0.05) is 17.7 Å². The van der Waals surface area contributed by atoms with Gasteiger partial charge in [0.2, 0.25) is 0 Å². The maximum absolute atomic E-state index is 12.0. The van der Waals surface area contributed by atoms with Crippen LogP contribution in [-0.4, -0.2) is 16.0 Å². The average Bonchev–Trinajstić information content (AvgIpc) is 2.33. The normalized spacial score (nSPS) is 10.3. The van der Waals surface area contributed by atoms with Crippen LogP contribution in [0.1, 0.15) is 15.9 Å². The molecular weight excluding hydrogens is 332 g/mol. The fourth-order valence-electron chi connectivity index (χ4n) is 1.53. The number of anilines is 1. The molecule has 19 heavy (non-hydrogen) atoms. The number of aromatic hydroxyl groups is 1. The quantitative estimate of drug-likeness (QED) is 0.818. The zero-order chi connectivity index (χ0) is 14.0. The van der Waals surface area contributed by atoms with Crippen LogP contribution in [-0.2, 0) is 0 Å². The van der Waals surface area contributed by atoms with E-state index in [0.717, 1.165) is 5.56 Å². The van der Waals surface area contributed by atoms with E-state index in [0.29, 0.717) is 10.2 Å². The minimum atomic E-state index is -0.445. The summed E-state index contributed by atoms with van der Waals surface area (Å²) in [5, 5.41) is 12.5. The Kier molecular flexibility index (Phi) is 4.07. The Hall–Kier alpha value is -1.59. The second kappa shape index (κ2) is 5.59. The number of hydrogen-bond acceptors (Lipinski definition) is 3. The van der Waals surface area contributed by atoms with Crippen LogP contribution >= 0.6 is 27.5 Å². The summed E-state index contributed by atoms with van der Waals surface area (Å²) in [4.78, 5) is 15.9. The molecule has 4 nitrogen and oxygen atoms in total. The van der Waals surface area contributed by atoms with Gasteiger partial charge in [0.25, 0.3) is 5.91 Å². The number of benzene rings is 1. The number of rotatable bonds is 2. The van der Waals surface area contributed by atoms with E-state index in [9.17, 15) is 9.90 Å². The number of aryl methyl sites for hydroxylation is 1. The lowest BCUT2D eigenvalue weighted by molar-refractivity contribution is 0.102. The van der Waals surface area contributed by atoms with Gasteiger partial charge in [0.15, 0.2) is 5.15 Å². The van der Waals surface area contributed by atoms with E-state index in [2.05, 4.69) is 26.2 Å². The number of pyridine rings is 1. The number of halogens is 2. The van der Waals surface area contributed by atoms with Gasteiger partial charge in [-0.05, 0) is 46.6 Å². The van der Waals surface area contributed by atoms with Crippen molar-refractivity contribution in [3.63, 3.8) is 0 Å². The summed E-state index contributed by atoms with van der Waals surface area (Å²) in [5.74, 6) is -0.518. The maximum Gasteiger partial charge on any atom is 0.259 e. The van der Waals surface area contributed by atoms with Crippen molar-refractivity contribution < 1.29 is 9.90 Å². The molecule has 0 unspecified atom stereocenters. The summed E-state index contributed by atoms with van der Waals surface area (Å²) in [6.45, 7) is 1.83. The predicted molar refractivity (Wildman–Crippen MR) is 77.7 cm³/mol. The van der Waals surface area contributed by atoms with Crippen molar-refractivity contribution in [3.8, 4) is 5.75 Å². The molecule has 1 aromatic carbocycles. The molecule has 0 aliphatic carbocycles. The van der Waals surface area contributed by atoms with Gasteiger partial charge in [0.05, 0.1) is 11.3 Å². The van der Waals surface area contributed by atoms with Crippen molar-refractivity contribution in [2.75, 3.05) is 5.32 Å². The van der Waals surface area contributed by atoms with Gasteiger partial charge < -0.3 is 10.4 Å². The SMILES string of the molecule is Cc1ccc(C(=O)Nc2cc(Br)cnc2Cl)c(O)c1. The topological polar surface area (TPSA) is 62.2 Å². The second-order valence-corrected chi connectivity index (χ2v) is 5.24. The van der Waals surface area contributed by atoms with Gasteiger partial charge in [-0.3, -0.25) is 4.79 Å². The third-order valence-electron chi connectivity index (χ3n) is 2.45. The predicted octanol–water partition coefficient (Wildman–Crippen LogP) is 3.76. The Labute approximate surface area is 123 Å². The van der Waals surface area contributed by atoms with E-state index in [1.807, 2.05) is 6.92 Å². The smallest absolute Gasteiger partial charge is 0.259 e. The van der Waals surface area contributed by atoms with Crippen molar-refractivity contribution in [2.45, 2.75) is 6.92 Å². The first kappa shape index (κ1) is 13.8.